The maximum absolute atomic E-state index is 11.1. The van der Waals surface area contributed by atoms with Crippen LogP contribution in [0.1, 0.15) is 17.5 Å². The second kappa shape index (κ2) is 4.83. The van der Waals surface area contributed by atoms with E-state index in [4.69, 9.17) is 5.73 Å². The Labute approximate surface area is 87.4 Å². The summed E-state index contributed by atoms with van der Waals surface area (Å²) in [6, 6.07) is -0.293. The molecule has 0 aliphatic carbocycles. The second-order valence-corrected chi connectivity index (χ2v) is 5.76. The van der Waals surface area contributed by atoms with Gasteiger partial charge in [0.1, 0.15) is 5.01 Å². The number of aromatic nitrogens is 1. The average Bonchev–Trinajstić information content (AvgIpc) is 2.67. The molecule has 5 nitrogen and oxygen atoms in total. The third-order valence-electron chi connectivity index (χ3n) is 1.78. The number of hydrogen-bond donors (Lipinski definition) is 2. The predicted octanol–water partition coefficient (Wildman–Crippen LogP) is 0.0822. The lowest BCUT2D eigenvalue weighted by molar-refractivity contribution is 0.578. The molecule has 0 bridgehead atoms. The zero-order chi connectivity index (χ0) is 10.6. The fourth-order valence-corrected chi connectivity index (χ4v) is 2.37. The van der Waals surface area contributed by atoms with Crippen molar-refractivity contribution in [2.24, 2.45) is 5.73 Å². The Hall–Kier alpha value is -0.500. The molecule has 80 valence electrons. The summed E-state index contributed by atoms with van der Waals surface area (Å²) in [6.07, 6.45) is 2.04. The molecule has 1 heterocycles. The van der Waals surface area contributed by atoms with Crippen LogP contribution in [0, 0.1) is 0 Å². The predicted molar refractivity (Wildman–Crippen MR) is 56.5 cm³/mol. The quantitative estimate of drug-likeness (QED) is 0.757. The fraction of sp³-hybridized carbons (Fsp3) is 0.571. The molecule has 1 rings (SSSR count). The van der Waals surface area contributed by atoms with E-state index in [1.807, 2.05) is 5.38 Å². The highest BCUT2D eigenvalue weighted by atomic mass is 32.2. The zero-order valence-electron chi connectivity index (χ0n) is 7.80. The van der Waals surface area contributed by atoms with Crippen LogP contribution in [0.5, 0.6) is 0 Å². The number of nitrogens with zero attached hydrogens (tertiary/aromatic N) is 1. The minimum atomic E-state index is -3.16. The smallest absolute Gasteiger partial charge is 0.211 e. The van der Waals surface area contributed by atoms with Gasteiger partial charge < -0.3 is 5.73 Å². The Bertz CT molecular complexity index is 360. The van der Waals surface area contributed by atoms with Crippen LogP contribution in [0.4, 0.5) is 0 Å². The molecule has 1 atom stereocenters. The van der Waals surface area contributed by atoms with Crippen LogP contribution in [-0.2, 0) is 10.0 Å². The summed E-state index contributed by atoms with van der Waals surface area (Å²) < 4.78 is 24.4. The number of thiazole rings is 1. The highest BCUT2D eigenvalue weighted by molar-refractivity contribution is 7.89. The Morgan fingerprint density at radius 2 is 2.43 bits per heavy atom. The monoisotopic (exact) mass is 235 g/mol. The maximum Gasteiger partial charge on any atom is 0.211 e. The van der Waals surface area contributed by atoms with Crippen molar-refractivity contribution in [3.8, 4) is 0 Å². The van der Waals surface area contributed by atoms with Crippen molar-refractivity contribution in [2.45, 2.75) is 12.5 Å². The summed E-state index contributed by atoms with van der Waals surface area (Å²) >= 11 is 1.44. The molecule has 1 aromatic rings. The molecule has 0 radical (unpaired) electrons. The lowest BCUT2D eigenvalue weighted by Crippen LogP contribution is -2.24. The number of nitrogens with one attached hydrogen (secondary N) is 1. The Morgan fingerprint density at radius 3 is 2.93 bits per heavy atom. The molecule has 3 N–H and O–H groups in total. The molecule has 1 unspecified atom stereocenters. The third-order valence-corrected chi connectivity index (χ3v) is 4.08. The van der Waals surface area contributed by atoms with Gasteiger partial charge in [0, 0.05) is 11.6 Å². The van der Waals surface area contributed by atoms with Crippen LogP contribution in [0.15, 0.2) is 11.6 Å². The van der Waals surface area contributed by atoms with Gasteiger partial charge in [0.05, 0.1) is 11.8 Å². The molecule has 0 fully saturated rings. The van der Waals surface area contributed by atoms with Gasteiger partial charge in [0.25, 0.3) is 0 Å². The van der Waals surface area contributed by atoms with Crippen LogP contribution in [0.2, 0.25) is 0 Å². The number of sulfonamides is 1. The van der Waals surface area contributed by atoms with Gasteiger partial charge in [-0.2, -0.15) is 0 Å². The van der Waals surface area contributed by atoms with E-state index in [0.29, 0.717) is 6.42 Å². The van der Waals surface area contributed by atoms with Crippen molar-refractivity contribution < 1.29 is 8.42 Å². The summed E-state index contributed by atoms with van der Waals surface area (Å²) in [5.41, 5.74) is 5.76. The minimum absolute atomic E-state index is 0.0320. The topological polar surface area (TPSA) is 85.1 Å². The van der Waals surface area contributed by atoms with Gasteiger partial charge in [-0.25, -0.2) is 18.1 Å². The first kappa shape index (κ1) is 11.6. The summed E-state index contributed by atoms with van der Waals surface area (Å²) in [4.78, 5) is 4.02. The van der Waals surface area contributed by atoms with E-state index in [0.717, 1.165) is 5.01 Å². The Balaban J connectivity index is 2.47. The molecule has 0 amide bonds. The van der Waals surface area contributed by atoms with Gasteiger partial charge in [0.15, 0.2) is 0 Å². The SMILES string of the molecule is CNS(=O)(=O)CCC(N)c1nccs1. The highest BCUT2D eigenvalue weighted by Crippen LogP contribution is 2.16. The van der Waals surface area contributed by atoms with Crippen molar-refractivity contribution in [1.82, 2.24) is 9.71 Å². The van der Waals surface area contributed by atoms with Gasteiger partial charge in [0.2, 0.25) is 10.0 Å². The van der Waals surface area contributed by atoms with Crippen LogP contribution in [0.25, 0.3) is 0 Å². The first-order valence-electron chi connectivity index (χ1n) is 4.11. The van der Waals surface area contributed by atoms with Crippen LogP contribution >= 0.6 is 11.3 Å². The Kier molecular flexibility index (Phi) is 3.99. The van der Waals surface area contributed by atoms with Crippen molar-refractivity contribution in [2.75, 3.05) is 12.8 Å². The standard InChI is InChI=1S/C7H13N3O2S2/c1-9-14(11,12)5-2-6(8)7-10-3-4-13-7/h3-4,6,9H,2,5,8H2,1H3. The van der Waals surface area contributed by atoms with Crippen molar-refractivity contribution in [3.05, 3.63) is 16.6 Å². The van der Waals surface area contributed by atoms with Crippen molar-refractivity contribution >= 4 is 21.4 Å². The van der Waals surface area contributed by atoms with E-state index in [2.05, 4.69) is 9.71 Å². The zero-order valence-corrected chi connectivity index (χ0v) is 9.44. The first-order valence-corrected chi connectivity index (χ1v) is 6.64. The second-order valence-electron chi connectivity index (χ2n) is 2.79. The van der Waals surface area contributed by atoms with Crippen molar-refractivity contribution in [3.63, 3.8) is 0 Å². The molecule has 0 saturated heterocycles. The number of hydrogen-bond acceptors (Lipinski definition) is 5. The molecule has 1 aromatic heterocycles. The molecular formula is C7H13N3O2S2. The molecule has 0 saturated carbocycles. The van der Waals surface area contributed by atoms with E-state index < -0.39 is 10.0 Å². The number of nitrogens with two attached hydrogens (primary N) is 1. The molecule has 0 aliphatic heterocycles. The fourth-order valence-electron chi connectivity index (χ4n) is 0.925. The van der Waals surface area contributed by atoms with Gasteiger partial charge in [-0.3, -0.25) is 0 Å². The van der Waals surface area contributed by atoms with Crippen LogP contribution in [-0.4, -0.2) is 26.2 Å². The molecule has 0 aromatic carbocycles. The summed E-state index contributed by atoms with van der Waals surface area (Å²) in [7, 11) is -1.77. The molecule has 14 heavy (non-hydrogen) atoms. The molecule has 0 aliphatic rings. The summed E-state index contributed by atoms with van der Waals surface area (Å²) in [5.74, 6) is 0.0320. The van der Waals surface area contributed by atoms with E-state index in [-0.39, 0.29) is 11.8 Å². The van der Waals surface area contributed by atoms with Crippen molar-refractivity contribution in [1.29, 1.82) is 0 Å². The summed E-state index contributed by atoms with van der Waals surface area (Å²) in [5, 5.41) is 2.60. The lowest BCUT2D eigenvalue weighted by Gasteiger charge is -2.07. The van der Waals surface area contributed by atoms with E-state index >= 15 is 0 Å². The van der Waals surface area contributed by atoms with Gasteiger partial charge in [-0.15, -0.1) is 11.3 Å². The lowest BCUT2D eigenvalue weighted by atomic mass is 10.2. The third kappa shape index (κ3) is 3.33. The van der Waals surface area contributed by atoms with Gasteiger partial charge >= 0.3 is 0 Å². The first-order chi connectivity index (χ1) is 6.55. The van der Waals surface area contributed by atoms with Gasteiger partial charge in [-0.1, -0.05) is 0 Å². The number of rotatable bonds is 5. The molecular weight excluding hydrogens is 222 g/mol. The van der Waals surface area contributed by atoms with E-state index in [1.54, 1.807) is 6.20 Å². The highest BCUT2D eigenvalue weighted by Gasteiger charge is 2.13. The van der Waals surface area contributed by atoms with Crippen LogP contribution in [0.3, 0.4) is 0 Å². The maximum atomic E-state index is 11.1. The van der Waals surface area contributed by atoms with Gasteiger partial charge in [-0.05, 0) is 13.5 Å². The average molecular weight is 235 g/mol. The molecule has 0 spiro atoms. The normalized spacial score (nSPS) is 14.1. The minimum Gasteiger partial charge on any atom is -0.322 e. The summed E-state index contributed by atoms with van der Waals surface area (Å²) in [6.45, 7) is 0. The largest absolute Gasteiger partial charge is 0.322 e. The van der Waals surface area contributed by atoms with Crippen LogP contribution < -0.4 is 10.5 Å². The van der Waals surface area contributed by atoms with E-state index in [9.17, 15) is 8.42 Å². The molecule has 7 heteroatoms. The Morgan fingerprint density at radius 1 is 1.71 bits per heavy atom. The van der Waals surface area contributed by atoms with E-state index in [1.165, 1.54) is 18.4 Å².